The molecule has 1 rings (SSSR count). The second kappa shape index (κ2) is 6.33. The van der Waals surface area contributed by atoms with Crippen molar-refractivity contribution in [3.05, 3.63) is 0 Å². The molecule has 0 saturated carbocycles. The molecule has 1 aliphatic heterocycles. The zero-order valence-corrected chi connectivity index (χ0v) is 10.5. The molecule has 0 radical (unpaired) electrons. The number of hydrogen-bond acceptors (Lipinski definition) is 2. The maximum Gasteiger partial charge on any atom is 0.240 e. The van der Waals surface area contributed by atoms with E-state index in [-0.39, 0.29) is 11.3 Å². The summed E-state index contributed by atoms with van der Waals surface area (Å²) in [5.41, 5.74) is 0. The first-order valence-corrected chi connectivity index (χ1v) is 6.27. The summed E-state index contributed by atoms with van der Waals surface area (Å²) in [4.78, 5) is 16.1. The summed E-state index contributed by atoms with van der Waals surface area (Å²) in [5.74, 6) is 0.107. The molecule has 88 valence electrons. The van der Waals surface area contributed by atoms with Gasteiger partial charge in [-0.1, -0.05) is 13.8 Å². The molecule has 0 aromatic heterocycles. The number of alkyl halides is 1. The van der Waals surface area contributed by atoms with Gasteiger partial charge in [-0.3, -0.25) is 9.69 Å². The van der Waals surface area contributed by atoms with E-state index in [9.17, 15) is 4.79 Å². The molecule has 1 amide bonds. The molecule has 1 fully saturated rings. The lowest BCUT2D eigenvalue weighted by atomic mass is 10.2. The molecular formula is C11H21ClN2O. The number of hydrogen-bond donors (Lipinski definition) is 0. The van der Waals surface area contributed by atoms with E-state index in [0.717, 1.165) is 39.1 Å². The van der Waals surface area contributed by atoms with Crippen LogP contribution >= 0.6 is 11.6 Å². The van der Waals surface area contributed by atoms with Gasteiger partial charge in [0, 0.05) is 26.2 Å². The largest absolute Gasteiger partial charge is 0.339 e. The quantitative estimate of drug-likeness (QED) is 0.687. The number of rotatable bonds is 4. The second-order valence-corrected chi connectivity index (χ2v) is 4.57. The van der Waals surface area contributed by atoms with Gasteiger partial charge >= 0.3 is 0 Å². The van der Waals surface area contributed by atoms with Crippen LogP contribution in [0.2, 0.25) is 0 Å². The Labute approximate surface area is 97.4 Å². The topological polar surface area (TPSA) is 23.6 Å². The van der Waals surface area contributed by atoms with Crippen molar-refractivity contribution in [1.29, 1.82) is 0 Å². The summed E-state index contributed by atoms with van der Waals surface area (Å²) < 4.78 is 0. The van der Waals surface area contributed by atoms with Crippen LogP contribution in [0.4, 0.5) is 0 Å². The smallest absolute Gasteiger partial charge is 0.240 e. The number of carbonyl (C=O) groups excluding carboxylic acids is 1. The Morgan fingerprint density at radius 3 is 2.33 bits per heavy atom. The van der Waals surface area contributed by atoms with Crippen LogP contribution in [0.1, 0.15) is 26.7 Å². The van der Waals surface area contributed by atoms with Crippen LogP contribution in [0.3, 0.4) is 0 Å². The third-order valence-electron chi connectivity index (χ3n) is 2.85. The number of piperazine rings is 1. The van der Waals surface area contributed by atoms with Crippen LogP contribution < -0.4 is 0 Å². The lowest BCUT2D eigenvalue weighted by molar-refractivity contribution is -0.132. The molecule has 1 aliphatic rings. The first-order valence-electron chi connectivity index (χ1n) is 5.84. The van der Waals surface area contributed by atoms with Gasteiger partial charge in [-0.05, 0) is 19.4 Å². The molecule has 0 spiro atoms. The van der Waals surface area contributed by atoms with Gasteiger partial charge in [0.15, 0.2) is 0 Å². The average Bonchev–Trinajstić information content (AvgIpc) is 2.28. The molecule has 0 N–H and O–H groups in total. The highest BCUT2D eigenvalue weighted by atomic mass is 35.5. The number of halogens is 1. The summed E-state index contributed by atoms with van der Waals surface area (Å²) >= 11 is 5.94. The van der Waals surface area contributed by atoms with Crippen molar-refractivity contribution >= 4 is 17.5 Å². The summed E-state index contributed by atoms with van der Waals surface area (Å²) in [6.07, 6.45) is 1.90. The molecule has 0 unspecified atom stereocenters. The minimum absolute atomic E-state index is 0.107. The Morgan fingerprint density at radius 1 is 1.27 bits per heavy atom. The molecule has 1 saturated heterocycles. The Hall–Kier alpha value is -0.280. The van der Waals surface area contributed by atoms with Crippen molar-refractivity contribution in [3.63, 3.8) is 0 Å². The van der Waals surface area contributed by atoms with Gasteiger partial charge in [-0.2, -0.15) is 0 Å². The van der Waals surface area contributed by atoms with Gasteiger partial charge in [0.05, 0.1) is 0 Å². The third-order valence-corrected chi connectivity index (χ3v) is 3.35. The molecule has 0 aliphatic carbocycles. The number of carbonyl (C=O) groups is 1. The second-order valence-electron chi connectivity index (χ2n) is 4.04. The maximum atomic E-state index is 11.8. The average molecular weight is 233 g/mol. The van der Waals surface area contributed by atoms with E-state index in [1.165, 1.54) is 6.42 Å². The van der Waals surface area contributed by atoms with Crippen LogP contribution in [-0.4, -0.2) is 53.8 Å². The molecule has 0 bridgehead atoms. The first-order chi connectivity index (χ1) is 7.19. The third kappa shape index (κ3) is 3.65. The van der Waals surface area contributed by atoms with Crippen LogP contribution in [0.5, 0.6) is 0 Å². The highest BCUT2D eigenvalue weighted by Crippen LogP contribution is 2.10. The minimum Gasteiger partial charge on any atom is -0.339 e. The molecule has 15 heavy (non-hydrogen) atoms. The number of nitrogens with zero attached hydrogens (tertiary/aromatic N) is 2. The van der Waals surface area contributed by atoms with E-state index in [0.29, 0.717) is 0 Å². The summed E-state index contributed by atoms with van der Waals surface area (Å²) in [6.45, 7) is 8.93. The Morgan fingerprint density at radius 2 is 1.87 bits per heavy atom. The first kappa shape index (κ1) is 12.8. The maximum absolute atomic E-state index is 11.8. The normalized spacial score (nSPS) is 20.3. The Balaban J connectivity index is 2.33. The van der Waals surface area contributed by atoms with Gasteiger partial charge in [-0.15, -0.1) is 11.6 Å². The SMILES string of the molecule is CCCN1CCN(C(=O)[C@H](Cl)CC)CC1. The fourth-order valence-corrected chi connectivity index (χ4v) is 2.02. The van der Waals surface area contributed by atoms with Crippen molar-refractivity contribution in [2.75, 3.05) is 32.7 Å². The van der Waals surface area contributed by atoms with Crippen molar-refractivity contribution in [2.24, 2.45) is 0 Å². The Bertz CT molecular complexity index is 203. The van der Waals surface area contributed by atoms with E-state index in [1.54, 1.807) is 0 Å². The van der Waals surface area contributed by atoms with Crippen LogP contribution in [0.15, 0.2) is 0 Å². The van der Waals surface area contributed by atoms with E-state index in [4.69, 9.17) is 11.6 Å². The van der Waals surface area contributed by atoms with Crippen LogP contribution in [0.25, 0.3) is 0 Å². The van der Waals surface area contributed by atoms with Crippen LogP contribution in [0, 0.1) is 0 Å². The highest BCUT2D eigenvalue weighted by molar-refractivity contribution is 6.30. The standard InChI is InChI=1S/C11H21ClN2O/c1-3-5-13-6-8-14(9-7-13)11(15)10(12)4-2/h10H,3-9H2,1-2H3/t10-/m1/s1. The van der Waals surface area contributed by atoms with Gasteiger partial charge in [-0.25, -0.2) is 0 Å². The fraction of sp³-hybridized carbons (Fsp3) is 0.909. The van der Waals surface area contributed by atoms with Gasteiger partial charge in [0.1, 0.15) is 5.38 Å². The molecule has 0 aromatic rings. The lowest BCUT2D eigenvalue weighted by Crippen LogP contribution is -2.50. The molecule has 3 nitrogen and oxygen atoms in total. The highest BCUT2D eigenvalue weighted by Gasteiger charge is 2.24. The zero-order valence-electron chi connectivity index (χ0n) is 9.71. The minimum atomic E-state index is -0.331. The molecule has 1 atom stereocenters. The van der Waals surface area contributed by atoms with Crippen molar-refractivity contribution in [1.82, 2.24) is 9.80 Å². The van der Waals surface area contributed by atoms with Crippen molar-refractivity contribution < 1.29 is 4.79 Å². The van der Waals surface area contributed by atoms with Gasteiger partial charge in [0.2, 0.25) is 5.91 Å². The van der Waals surface area contributed by atoms with Crippen molar-refractivity contribution in [2.45, 2.75) is 32.1 Å². The summed E-state index contributed by atoms with van der Waals surface area (Å²) in [6, 6.07) is 0. The van der Waals surface area contributed by atoms with Gasteiger partial charge < -0.3 is 4.90 Å². The fourth-order valence-electron chi connectivity index (χ4n) is 1.88. The van der Waals surface area contributed by atoms with E-state index in [2.05, 4.69) is 11.8 Å². The van der Waals surface area contributed by atoms with E-state index >= 15 is 0 Å². The monoisotopic (exact) mass is 232 g/mol. The predicted molar refractivity (Wildman–Crippen MR) is 63.2 cm³/mol. The zero-order chi connectivity index (χ0) is 11.3. The molecule has 4 heteroatoms. The van der Waals surface area contributed by atoms with E-state index in [1.807, 2.05) is 11.8 Å². The summed E-state index contributed by atoms with van der Waals surface area (Å²) in [5, 5.41) is -0.331. The molecule has 0 aromatic carbocycles. The van der Waals surface area contributed by atoms with Crippen LogP contribution in [-0.2, 0) is 4.79 Å². The number of amides is 1. The van der Waals surface area contributed by atoms with E-state index < -0.39 is 0 Å². The Kier molecular flexibility index (Phi) is 5.40. The molecular weight excluding hydrogens is 212 g/mol. The van der Waals surface area contributed by atoms with Crippen molar-refractivity contribution in [3.8, 4) is 0 Å². The predicted octanol–water partition coefficient (Wildman–Crippen LogP) is 1.56. The summed E-state index contributed by atoms with van der Waals surface area (Å²) in [7, 11) is 0. The molecule has 1 heterocycles. The van der Waals surface area contributed by atoms with Gasteiger partial charge in [0.25, 0.3) is 0 Å². The lowest BCUT2D eigenvalue weighted by Gasteiger charge is -2.35.